The fourth-order valence-electron chi connectivity index (χ4n) is 1.30. The molecule has 5 nitrogen and oxygen atoms in total. The summed E-state index contributed by atoms with van der Waals surface area (Å²) in [4.78, 5) is 26.5. The molecule has 0 saturated carbocycles. The molecule has 0 aromatic carbocycles. The predicted molar refractivity (Wildman–Crippen MR) is 65.7 cm³/mol. The topological polar surface area (TPSA) is 79.3 Å². The molecule has 0 radical (unpaired) electrons. The Morgan fingerprint density at radius 3 is 2.71 bits per heavy atom. The third kappa shape index (κ3) is 4.14. The first-order chi connectivity index (χ1) is 8.04. The lowest BCUT2D eigenvalue weighted by Crippen LogP contribution is -2.40. The highest BCUT2D eigenvalue weighted by Gasteiger charge is 2.19. The lowest BCUT2D eigenvalue weighted by Gasteiger charge is -2.13. The van der Waals surface area contributed by atoms with Gasteiger partial charge in [-0.15, -0.1) is 0 Å². The van der Waals surface area contributed by atoms with E-state index in [0.29, 0.717) is 23.0 Å². The largest absolute Gasteiger partial charge is 0.480 e. The average Bonchev–Trinajstić information content (AvgIpc) is 2.29. The number of aliphatic carboxylic acids is 1. The van der Waals surface area contributed by atoms with Crippen molar-refractivity contribution in [3.05, 3.63) is 28.5 Å². The lowest BCUT2D eigenvalue weighted by molar-refractivity contribution is -0.139. The summed E-state index contributed by atoms with van der Waals surface area (Å²) in [6.45, 7) is 1.86. The van der Waals surface area contributed by atoms with Gasteiger partial charge in [0.1, 0.15) is 10.6 Å². The highest BCUT2D eigenvalue weighted by atomic mass is 79.9. The van der Waals surface area contributed by atoms with Crippen LogP contribution in [0.4, 0.5) is 0 Å². The number of carbonyl (C=O) groups is 2. The predicted octanol–water partition coefficient (Wildman–Crippen LogP) is 1.83. The van der Waals surface area contributed by atoms with Crippen LogP contribution in [-0.4, -0.2) is 28.0 Å². The van der Waals surface area contributed by atoms with Crippen molar-refractivity contribution in [1.82, 2.24) is 10.3 Å². The number of rotatable bonds is 5. The molecule has 0 bridgehead atoms. The first-order valence-electron chi connectivity index (χ1n) is 5.19. The van der Waals surface area contributed by atoms with Gasteiger partial charge in [0.2, 0.25) is 0 Å². The van der Waals surface area contributed by atoms with Gasteiger partial charge in [0, 0.05) is 6.20 Å². The maximum Gasteiger partial charge on any atom is 0.326 e. The Hall–Kier alpha value is -1.43. The second-order valence-electron chi connectivity index (χ2n) is 3.52. The Balaban J connectivity index is 2.70. The Morgan fingerprint density at radius 2 is 2.24 bits per heavy atom. The van der Waals surface area contributed by atoms with Crippen LogP contribution in [0.2, 0.25) is 0 Å². The van der Waals surface area contributed by atoms with E-state index < -0.39 is 17.9 Å². The van der Waals surface area contributed by atoms with Crippen LogP contribution in [0.3, 0.4) is 0 Å². The number of halogens is 1. The molecule has 0 saturated heterocycles. The molecular weight excluding hydrogens is 288 g/mol. The van der Waals surface area contributed by atoms with Crippen LogP contribution < -0.4 is 5.32 Å². The summed E-state index contributed by atoms with van der Waals surface area (Å²) in [6, 6.07) is 2.36. The number of carbonyl (C=O) groups excluding carboxylic acids is 1. The molecular formula is C11H13BrN2O3. The Morgan fingerprint density at radius 1 is 1.53 bits per heavy atom. The van der Waals surface area contributed by atoms with Crippen LogP contribution >= 0.6 is 15.9 Å². The minimum absolute atomic E-state index is 0.343. The quantitative estimate of drug-likeness (QED) is 0.813. The molecule has 2 N–H and O–H groups in total. The van der Waals surface area contributed by atoms with E-state index in [1.165, 1.54) is 6.20 Å². The van der Waals surface area contributed by atoms with Gasteiger partial charge in [-0.25, -0.2) is 9.78 Å². The molecule has 1 atom stereocenters. The van der Waals surface area contributed by atoms with E-state index in [-0.39, 0.29) is 0 Å². The van der Waals surface area contributed by atoms with E-state index in [1.807, 2.05) is 6.92 Å². The molecule has 17 heavy (non-hydrogen) atoms. The minimum atomic E-state index is -1.02. The standard InChI is InChI=1S/C11H13BrN2O3/c1-2-3-8(11(16)17)14-10(15)7-4-5-9(12)13-6-7/h4-6,8H,2-3H2,1H3,(H,14,15)(H,16,17). The number of carboxylic acid groups (broad SMARTS) is 1. The third-order valence-electron chi connectivity index (χ3n) is 2.17. The zero-order chi connectivity index (χ0) is 12.8. The van der Waals surface area contributed by atoms with Crippen molar-refractivity contribution in [1.29, 1.82) is 0 Å². The SMILES string of the molecule is CCCC(NC(=O)c1ccc(Br)nc1)C(=O)O. The Kier molecular flexibility index (Phi) is 5.09. The normalized spacial score (nSPS) is 11.9. The van der Waals surface area contributed by atoms with E-state index in [0.717, 1.165) is 0 Å². The molecule has 1 amide bonds. The monoisotopic (exact) mass is 300 g/mol. The van der Waals surface area contributed by atoms with E-state index in [9.17, 15) is 9.59 Å². The van der Waals surface area contributed by atoms with Gasteiger partial charge >= 0.3 is 5.97 Å². The highest BCUT2D eigenvalue weighted by molar-refractivity contribution is 9.10. The number of aromatic nitrogens is 1. The number of hydrogen-bond acceptors (Lipinski definition) is 3. The number of nitrogens with one attached hydrogen (secondary N) is 1. The Labute approximate surface area is 107 Å². The maximum absolute atomic E-state index is 11.7. The molecule has 1 aromatic heterocycles. The van der Waals surface area contributed by atoms with Gasteiger partial charge in [-0.3, -0.25) is 4.79 Å². The molecule has 1 heterocycles. The van der Waals surface area contributed by atoms with Gasteiger partial charge in [0.25, 0.3) is 5.91 Å². The highest BCUT2D eigenvalue weighted by Crippen LogP contribution is 2.07. The lowest BCUT2D eigenvalue weighted by atomic mass is 10.1. The second kappa shape index (κ2) is 6.34. The average molecular weight is 301 g/mol. The van der Waals surface area contributed by atoms with Gasteiger partial charge in [-0.2, -0.15) is 0 Å². The van der Waals surface area contributed by atoms with Crippen molar-refractivity contribution in [3.8, 4) is 0 Å². The number of pyridine rings is 1. The third-order valence-corrected chi connectivity index (χ3v) is 2.64. The number of nitrogens with zero attached hydrogens (tertiary/aromatic N) is 1. The molecule has 0 aliphatic rings. The molecule has 1 aromatic rings. The summed E-state index contributed by atoms with van der Waals surface area (Å²) in [5.41, 5.74) is 0.343. The van der Waals surface area contributed by atoms with Crippen LogP contribution in [-0.2, 0) is 4.79 Å². The summed E-state index contributed by atoms with van der Waals surface area (Å²) in [5.74, 6) is -1.45. The zero-order valence-corrected chi connectivity index (χ0v) is 10.9. The summed E-state index contributed by atoms with van der Waals surface area (Å²) in [6.07, 6.45) is 2.49. The molecule has 92 valence electrons. The summed E-state index contributed by atoms with van der Waals surface area (Å²) in [5, 5.41) is 11.4. The maximum atomic E-state index is 11.7. The number of amides is 1. The summed E-state index contributed by atoms with van der Waals surface area (Å²) < 4.78 is 0.623. The fraction of sp³-hybridized carbons (Fsp3) is 0.364. The van der Waals surface area contributed by atoms with Crippen molar-refractivity contribution in [2.45, 2.75) is 25.8 Å². The first kappa shape index (κ1) is 13.6. The molecule has 0 spiro atoms. The van der Waals surface area contributed by atoms with Crippen molar-refractivity contribution < 1.29 is 14.7 Å². The van der Waals surface area contributed by atoms with Crippen molar-refractivity contribution in [2.24, 2.45) is 0 Å². The van der Waals surface area contributed by atoms with Crippen molar-refractivity contribution in [3.63, 3.8) is 0 Å². The Bertz CT molecular complexity index is 406. The molecule has 0 fully saturated rings. The zero-order valence-electron chi connectivity index (χ0n) is 9.31. The molecule has 0 aliphatic heterocycles. The van der Waals surface area contributed by atoms with Gasteiger partial charge < -0.3 is 10.4 Å². The molecule has 1 rings (SSSR count). The van der Waals surface area contributed by atoms with E-state index in [2.05, 4.69) is 26.2 Å². The first-order valence-corrected chi connectivity index (χ1v) is 5.99. The fourth-order valence-corrected chi connectivity index (χ4v) is 1.53. The van der Waals surface area contributed by atoms with Crippen LogP contribution in [0.1, 0.15) is 30.1 Å². The van der Waals surface area contributed by atoms with Crippen LogP contribution in [0, 0.1) is 0 Å². The van der Waals surface area contributed by atoms with E-state index in [1.54, 1.807) is 12.1 Å². The summed E-state index contributed by atoms with van der Waals surface area (Å²) in [7, 11) is 0. The minimum Gasteiger partial charge on any atom is -0.480 e. The smallest absolute Gasteiger partial charge is 0.326 e. The van der Waals surface area contributed by atoms with Crippen LogP contribution in [0.25, 0.3) is 0 Å². The van der Waals surface area contributed by atoms with Crippen LogP contribution in [0.15, 0.2) is 22.9 Å². The molecule has 1 unspecified atom stereocenters. The summed E-state index contributed by atoms with van der Waals surface area (Å²) >= 11 is 3.16. The number of hydrogen-bond donors (Lipinski definition) is 2. The van der Waals surface area contributed by atoms with Gasteiger partial charge in [0.15, 0.2) is 0 Å². The van der Waals surface area contributed by atoms with Crippen molar-refractivity contribution in [2.75, 3.05) is 0 Å². The van der Waals surface area contributed by atoms with E-state index >= 15 is 0 Å². The number of carboxylic acids is 1. The molecule has 0 aliphatic carbocycles. The second-order valence-corrected chi connectivity index (χ2v) is 4.34. The van der Waals surface area contributed by atoms with Gasteiger partial charge in [-0.1, -0.05) is 13.3 Å². The van der Waals surface area contributed by atoms with Crippen LogP contribution in [0.5, 0.6) is 0 Å². The van der Waals surface area contributed by atoms with Crippen molar-refractivity contribution >= 4 is 27.8 Å². The van der Waals surface area contributed by atoms with Gasteiger partial charge in [0.05, 0.1) is 5.56 Å². The van der Waals surface area contributed by atoms with Gasteiger partial charge in [-0.05, 0) is 34.5 Å². The molecule has 6 heteroatoms. The van der Waals surface area contributed by atoms with E-state index in [4.69, 9.17) is 5.11 Å².